The summed E-state index contributed by atoms with van der Waals surface area (Å²) >= 11 is 9.42. The van der Waals surface area contributed by atoms with E-state index < -0.39 is 0 Å². The van der Waals surface area contributed by atoms with E-state index in [-0.39, 0.29) is 5.91 Å². The molecule has 0 aliphatic rings. The number of nitrogens with one attached hydrogen (secondary N) is 1. The molecule has 0 unspecified atom stereocenters. The summed E-state index contributed by atoms with van der Waals surface area (Å²) in [6, 6.07) is 5.65. The SMILES string of the molecule is CCn1cc(Cl)cc1C(=O)Nc1c(C)cc(Br)cc1C. The molecule has 3 nitrogen and oxygen atoms in total. The van der Waals surface area contributed by atoms with Crippen molar-refractivity contribution in [3.63, 3.8) is 0 Å². The van der Waals surface area contributed by atoms with Gasteiger partial charge in [-0.25, -0.2) is 0 Å². The Kier molecular flexibility index (Phi) is 4.55. The first-order valence-corrected chi connectivity index (χ1v) is 7.53. The Morgan fingerprint density at radius 2 is 1.90 bits per heavy atom. The molecule has 1 amide bonds. The van der Waals surface area contributed by atoms with E-state index in [4.69, 9.17) is 11.6 Å². The van der Waals surface area contributed by atoms with E-state index in [1.54, 1.807) is 12.3 Å². The van der Waals surface area contributed by atoms with Crippen molar-refractivity contribution in [1.82, 2.24) is 4.57 Å². The van der Waals surface area contributed by atoms with Crippen LogP contribution < -0.4 is 5.32 Å². The van der Waals surface area contributed by atoms with Crippen molar-refractivity contribution in [2.75, 3.05) is 5.32 Å². The van der Waals surface area contributed by atoms with Crippen LogP contribution in [0.25, 0.3) is 0 Å². The molecule has 2 rings (SSSR count). The Bertz CT molecular complexity index is 641. The van der Waals surface area contributed by atoms with Gasteiger partial charge in [-0.3, -0.25) is 4.79 Å². The van der Waals surface area contributed by atoms with Gasteiger partial charge in [-0.05, 0) is 50.1 Å². The number of carbonyl (C=O) groups excluding carboxylic acids is 1. The molecule has 1 heterocycles. The second-order valence-corrected chi connectivity index (χ2v) is 6.05. The van der Waals surface area contributed by atoms with Crippen LogP contribution in [0.15, 0.2) is 28.9 Å². The highest BCUT2D eigenvalue weighted by molar-refractivity contribution is 9.10. The first kappa shape index (κ1) is 15.1. The lowest BCUT2D eigenvalue weighted by atomic mass is 10.1. The monoisotopic (exact) mass is 354 g/mol. The van der Waals surface area contributed by atoms with Crippen molar-refractivity contribution in [2.24, 2.45) is 0 Å². The molecule has 0 spiro atoms. The highest BCUT2D eigenvalue weighted by Crippen LogP contribution is 2.26. The predicted molar refractivity (Wildman–Crippen MR) is 86.7 cm³/mol. The van der Waals surface area contributed by atoms with Crippen LogP contribution in [0, 0.1) is 13.8 Å². The average molecular weight is 356 g/mol. The number of amides is 1. The second kappa shape index (κ2) is 6.02. The molecular formula is C15H16BrClN2O. The van der Waals surface area contributed by atoms with Gasteiger partial charge >= 0.3 is 0 Å². The number of rotatable bonds is 3. The number of carbonyl (C=O) groups is 1. The molecule has 1 aromatic carbocycles. The first-order valence-electron chi connectivity index (χ1n) is 6.36. The maximum absolute atomic E-state index is 12.4. The standard InChI is InChI=1S/C15H16BrClN2O/c1-4-19-8-12(17)7-13(19)15(20)18-14-9(2)5-11(16)6-10(14)3/h5-8H,4H2,1-3H3,(H,18,20). The van der Waals surface area contributed by atoms with Crippen molar-refractivity contribution in [3.8, 4) is 0 Å². The Hall–Kier alpha value is -1.26. The summed E-state index contributed by atoms with van der Waals surface area (Å²) in [5.41, 5.74) is 3.45. The van der Waals surface area contributed by atoms with Gasteiger partial charge in [0.2, 0.25) is 0 Å². The van der Waals surface area contributed by atoms with Gasteiger partial charge < -0.3 is 9.88 Å². The van der Waals surface area contributed by atoms with Crippen LogP contribution in [0.2, 0.25) is 5.02 Å². The van der Waals surface area contributed by atoms with E-state index in [2.05, 4.69) is 21.2 Å². The number of aryl methyl sites for hydroxylation is 3. The summed E-state index contributed by atoms with van der Waals surface area (Å²) < 4.78 is 2.84. The van der Waals surface area contributed by atoms with E-state index >= 15 is 0 Å². The zero-order chi connectivity index (χ0) is 14.9. The molecule has 5 heteroatoms. The van der Waals surface area contributed by atoms with Gasteiger partial charge in [0.05, 0.1) is 5.02 Å². The van der Waals surface area contributed by atoms with Gasteiger partial charge in [0.15, 0.2) is 0 Å². The summed E-state index contributed by atoms with van der Waals surface area (Å²) in [7, 11) is 0. The highest BCUT2D eigenvalue weighted by atomic mass is 79.9. The van der Waals surface area contributed by atoms with Crippen molar-refractivity contribution < 1.29 is 4.79 Å². The van der Waals surface area contributed by atoms with Crippen LogP contribution >= 0.6 is 27.5 Å². The number of hydrogen-bond donors (Lipinski definition) is 1. The second-order valence-electron chi connectivity index (χ2n) is 4.70. The largest absolute Gasteiger partial charge is 0.342 e. The topological polar surface area (TPSA) is 34.0 Å². The van der Waals surface area contributed by atoms with E-state index in [0.717, 1.165) is 21.3 Å². The Morgan fingerprint density at radius 1 is 1.30 bits per heavy atom. The van der Waals surface area contributed by atoms with Gasteiger partial charge in [0.1, 0.15) is 5.69 Å². The van der Waals surface area contributed by atoms with Crippen molar-refractivity contribution in [2.45, 2.75) is 27.3 Å². The molecule has 0 aliphatic carbocycles. The minimum Gasteiger partial charge on any atom is -0.342 e. The lowest BCUT2D eigenvalue weighted by Crippen LogP contribution is -2.17. The van der Waals surface area contributed by atoms with E-state index in [1.807, 2.05) is 37.5 Å². The zero-order valence-electron chi connectivity index (χ0n) is 11.6. The maximum atomic E-state index is 12.4. The Balaban J connectivity index is 2.32. The number of anilines is 1. The fourth-order valence-corrected chi connectivity index (χ4v) is 3.12. The van der Waals surface area contributed by atoms with Crippen LogP contribution in [0.5, 0.6) is 0 Å². The van der Waals surface area contributed by atoms with Gasteiger partial charge in [-0.2, -0.15) is 0 Å². The minimum absolute atomic E-state index is 0.146. The van der Waals surface area contributed by atoms with Gasteiger partial charge in [-0.1, -0.05) is 27.5 Å². The maximum Gasteiger partial charge on any atom is 0.272 e. The number of aromatic nitrogens is 1. The van der Waals surface area contributed by atoms with Crippen molar-refractivity contribution in [3.05, 3.63) is 50.7 Å². The quantitative estimate of drug-likeness (QED) is 0.843. The third-order valence-corrected chi connectivity index (χ3v) is 3.84. The lowest BCUT2D eigenvalue weighted by Gasteiger charge is -2.13. The smallest absolute Gasteiger partial charge is 0.272 e. The van der Waals surface area contributed by atoms with Gasteiger partial charge in [0, 0.05) is 22.9 Å². The van der Waals surface area contributed by atoms with E-state index in [9.17, 15) is 4.79 Å². The number of halogens is 2. The summed E-state index contributed by atoms with van der Waals surface area (Å²) in [6.45, 7) is 6.62. The third-order valence-electron chi connectivity index (χ3n) is 3.17. The third kappa shape index (κ3) is 3.07. The van der Waals surface area contributed by atoms with Crippen LogP contribution in [0.4, 0.5) is 5.69 Å². The van der Waals surface area contributed by atoms with Gasteiger partial charge in [-0.15, -0.1) is 0 Å². The van der Waals surface area contributed by atoms with Crippen molar-refractivity contribution in [1.29, 1.82) is 0 Å². The number of hydrogen-bond acceptors (Lipinski definition) is 1. The van der Waals surface area contributed by atoms with E-state index in [1.165, 1.54) is 0 Å². The summed E-state index contributed by atoms with van der Waals surface area (Å²) in [4.78, 5) is 12.4. The van der Waals surface area contributed by atoms with E-state index in [0.29, 0.717) is 17.3 Å². The molecule has 0 aliphatic heterocycles. The molecule has 0 saturated heterocycles. The van der Waals surface area contributed by atoms with Crippen LogP contribution in [0.1, 0.15) is 28.5 Å². The highest BCUT2D eigenvalue weighted by Gasteiger charge is 2.15. The molecule has 0 radical (unpaired) electrons. The normalized spacial score (nSPS) is 10.7. The molecule has 0 atom stereocenters. The fraction of sp³-hybridized carbons (Fsp3) is 0.267. The molecule has 20 heavy (non-hydrogen) atoms. The predicted octanol–water partition coefficient (Wildman–Crippen LogP) is 4.79. The Labute approximate surface area is 132 Å². The molecule has 0 saturated carbocycles. The van der Waals surface area contributed by atoms with Crippen molar-refractivity contribution >= 4 is 39.1 Å². The number of benzene rings is 1. The Morgan fingerprint density at radius 3 is 2.45 bits per heavy atom. The summed E-state index contributed by atoms with van der Waals surface area (Å²) in [5.74, 6) is -0.146. The molecule has 0 fully saturated rings. The summed E-state index contributed by atoms with van der Waals surface area (Å²) in [5, 5.41) is 3.54. The lowest BCUT2D eigenvalue weighted by molar-refractivity contribution is 0.101. The fourth-order valence-electron chi connectivity index (χ4n) is 2.21. The molecule has 0 bridgehead atoms. The van der Waals surface area contributed by atoms with Crippen LogP contribution in [-0.4, -0.2) is 10.5 Å². The first-order chi connectivity index (χ1) is 9.42. The molecule has 1 aromatic heterocycles. The average Bonchev–Trinajstić information content (AvgIpc) is 2.75. The molecule has 106 valence electrons. The minimum atomic E-state index is -0.146. The van der Waals surface area contributed by atoms with Crippen LogP contribution in [0.3, 0.4) is 0 Å². The number of nitrogens with zero attached hydrogens (tertiary/aromatic N) is 1. The molecule has 1 N–H and O–H groups in total. The molecule has 2 aromatic rings. The van der Waals surface area contributed by atoms with Crippen LogP contribution in [-0.2, 0) is 6.54 Å². The zero-order valence-corrected chi connectivity index (χ0v) is 14.0. The molecular weight excluding hydrogens is 340 g/mol. The van der Waals surface area contributed by atoms with Gasteiger partial charge in [0.25, 0.3) is 5.91 Å². The summed E-state index contributed by atoms with van der Waals surface area (Å²) in [6.07, 6.45) is 1.76.